The van der Waals surface area contributed by atoms with E-state index in [1.54, 1.807) is 0 Å². The number of nitrogens with zero attached hydrogens (tertiary/aromatic N) is 1. The van der Waals surface area contributed by atoms with Crippen LogP contribution in [0.25, 0.3) is 0 Å². The molecule has 1 fully saturated rings. The summed E-state index contributed by atoms with van der Waals surface area (Å²) < 4.78 is 0. The molecule has 0 radical (unpaired) electrons. The van der Waals surface area contributed by atoms with Gasteiger partial charge in [-0.05, 0) is 31.1 Å². The molecule has 25 heavy (non-hydrogen) atoms. The topological polar surface area (TPSA) is 75.4 Å². The fourth-order valence-electron chi connectivity index (χ4n) is 3.85. The average Bonchev–Trinajstić information content (AvgIpc) is 2.60. The highest BCUT2D eigenvalue weighted by atomic mass is 16.2. The highest BCUT2D eigenvalue weighted by Crippen LogP contribution is 2.29. The van der Waals surface area contributed by atoms with Gasteiger partial charge < -0.3 is 4.90 Å². The molecule has 2 atom stereocenters. The summed E-state index contributed by atoms with van der Waals surface area (Å²) in [5.74, 6) is 6.64. The largest absolute Gasteiger partial charge is 0.342 e. The standard InChI is InChI=1S/C20H39N3O2/c1-6-15(2)8-7-9-17-10-12-23(13-11-17)18(24)16(3)14-20(4,5)19(25)22-21/h15-17H,6-14,21H2,1-5H3,(H,22,25). The lowest BCUT2D eigenvalue weighted by Gasteiger charge is -2.35. The van der Waals surface area contributed by atoms with Gasteiger partial charge in [0.05, 0.1) is 0 Å². The molecule has 1 aliphatic heterocycles. The Morgan fingerprint density at radius 3 is 2.36 bits per heavy atom. The summed E-state index contributed by atoms with van der Waals surface area (Å²) in [6, 6.07) is 0. The van der Waals surface area contributed by atoms with Crippen molar-refractivity contribution in [2.24, 2.45) is 29.0 Å². The predicted octanol–water partition coefficient (Wildman–Crippen LogP) is 3.48. The van der Waals surface area contributed by atoms with Gasteiger partial charge in [0.15, 0.2) is 0 Å². The lowest BCUT2D eigenvalue weighted by molar-refractivity contribution is -0.139. The van der Waals surface area contributed by atoms with Crippen molar-refractivity contribution >= 4 is 11.8 Å². The summed E-state index contributed by atoms with van der Waals surface area (Å²) in [4.78, 5) is 26.5. The maximum absolute atomic E-state index is 12.7. The Morgan fingerprint density at radius 1 is 1.24 bits per heavy atom. The second kappa shape index (κ2) is 10.1. The normalized spacial score (nSPS) is 18.7. The molecule has 0 bridgehead atoms. The van der Waals surface area contributed by atoms with Gasteiger partial charge in [-0.25, -0.2) is 5.84 Å². The van der Waals surface area contributed by atoms with Crippen LogP contribution in [0.15, 0.2) is 0 Å². The Labute approximate surface area is 154 Å². The second-order valence-corrected chi connectivity index (χ2v) is 8.68. The van der Waals surface area contributed by atoms with Gasteiger partial charge in [0, 0.05) is 24.4 Å². The third-order valence-corrected chi connectivity index (χ3v) is 5.92. The van der Waals surface area contributed by atoms with E-state index in [4.69, 9.17) is 5.84 Å². The number of nitrogens with two attached hydrogens (primary N) is 1. The van der Waals surface area contributed by atoms with Gasteiger partial charge in [0.2, 0.25) is 11.8 Å². The maximum atomic E-state index is 12.7. The van der Waals surface area contributed by atoms with E-state index in [0.717, 1.165) is 37.8 Å². The molecule has 2 unspecified atom stereocenters. The molecule has 1 aliphatic rings. The van der Waals surface area contributed by atoms with E-state index in [9.17, 15) is 9.59 Å². The summed E-state index contributed by atoms with van der Waals surface area (Å²) in [7, 11) is 0. The molecule has 2 amide bonds. The Morgan fingerprint density at radius 2 is 1.84 bits per heavy atom. The SMILES string of the molecule is CCC(C)CCCC1CCN(C(=O)C(C)CC(C)(C)C(=O)NN)CC1. The number of nitrogens with one attached hydrogen (secondary N) is 1. The van der Waals surface area contributed by atoms with Gasteiger partial charge in [-0.3, -0.25) is 15.0 Å². The molecule has 0 aromatic heterocycles. The third-order valence-electron chi connectivity index (χ3n) is 5.92. The van der Waals surface area contributed by atoms with Crippen molar-refractivity contribution in [2.45, 2.75) is 79.6 Å². The molecule has 3 N–H and O–H groups in total. The minimum Gasteiger partial charge on any atom is -0.342 e. The molecular formula is C20H39N3O2. The van der Waals surface area contributed by atoms with E-state index in [-0.39, 0.29) is 17.7 Å². The van der Waals surface area contributed by atoms with E-state index < -0.39 is 5.41 Å². The van der Waals surface area contributed by atoms with Gasteiger partial charge in [0.1, 0.15) is 0 Å². The molecule has 5 heteroatoms. The van der Waals surface area contributed by atoms with Crippen LogP contribution in [0.4, 0.5) is 0 Å². The Hall–Kier alpha value is -1.10. The van der Waals surface area contributed by atoms with E-state index in [2.05, 4.69) is 19.3 Å². The minimum absolute atomic E-state index is 0.158. The van der Waals surface area contributed by atoms with Crippen molar-refractivity contribution in [3.05, 3.63) is 0 Å². The number of hydrogen-bond acceptors (Lipinski definition) is 3. The van der Waals surface area contributed by atoms with Crippen molar-refractivity contribution < 1.29 is 9.59 Å². The van der Waals surface area contributed by atoms with Crippen LogP contribution in [0.1, 0.15) is 79.6 Å². The van der Waals surface area contributed by atoms with Crippen molar-refractivity contribution in [3.8, 4) is 0 Å². The van der Waals surface area contributed by atoms with Crippen molar-refractivity contribution in [2.75, 3.05) is 13.1 Å². The number of amides is 2. The summed E-state index contributed by atoms with van der Waals surface area (Å²) in [5.41, 5.74) is 1.58. The number of carbonyl (C=O) groups excluding carboxylic acids is 2. The molecule has 0 spiro atoms. The summed E-state index contributed by atoms with van der Waals surface area (Å²) in [5, 5.41) is 0. The second-order valence-electron chi connectivity index (χ2n) is 8.68. The molecule has 5 nitrogen and oxygen atoms in total. The number of likely N-dealkylation sites (tertiary alicyclic amines) is 1. The fraction of sp³-hybridized carbons (Fsp3) is 0.900. The predicted molar refractivity (Wildman–Crippen MR) is 103 cm³/mol. The zero-order valence-corrected chi connectivity index (χ0v) is 16.9. The smallest absolute Gasteiger partial charge is 0.239 e. The Kier molecular flexibility index (Phi) is 8.91. The van der Waals surface area contributed by atoms with Crippen LogP contribution in [0, 0.1) is 23.2 Å². The van der Waals surface area contributed by atoms with E-state index in [1.165, 1.54) is 25.7 Å². The monoisotopic (exact) mass is 353 g/mol. The van der Waals surface area contributed by atoms with Crippen LogP contribution in [-0.2, 0) is 9.59 Å². The summed E-state index contributed by atoms with van der Waals surface area (Å²) in [6.45, 7) is 11.9. The maximum Gasteiger partial charge on any atom is 0.239 e. The zero-order valence-electron chi connectivity index (χ0n) is 16.9. The first-order valence-corrected chi connectivity index (χ1v) is 10.0. The van der Waals surface area contributed by atoms with Crippen LogP contribution in [-0.4, -0.2) is 29.8 Å². The molecule has 0 aromatic carbocycles. The number of piperidine rings is 1. The lowest BCUT2D eigenvalue weighted by atomic mass is 9.81. The van der Waals surface area contributed by atoms with Crippen LogP contribution in [0.2, 0.25) is 0 Å². The molecule has 0 saturated carbocycles. The van der Waals surface area contributed by atoms with Crippen molar-refractivity contribution in [1.29, 1.82) is 0 Å². The Bertz CT molecular complexity index is 429. The van der Waals surface area contributed by atoms with Gasteiger partial charge >= 0.3 is 0 Å². The molecule has 1 heterocycles. The van der Waals surface area contributed by atoms with Gasteiger partial charge in [-0.2, -0.15) is 0 Å². The number of rotatable bonds is 9. The van der Waals surface area contributed by atoms with Gasteiger partial charge in [-0.1, -0.05) is 60.3 Å². The summed E-state index contributed by atoms with van der Waals surface area (Å²) >= 11 is 0. The first kappa shape index (κ1) is 21.9. The molecule has 1 rings (SSSR count). The van der Waals surface area contributed by atoms with E-state index in [0.29, 0.717) is 6.42 Å². The quantitative estimate of drug-likeness (QED) is 0.378. The van der Waals surface area contributed by atoms with E-state index >= 15 is 0 Å². The first-order valence-electron chi connectivity index (χ1n) is 10.0. The van der Waals surface area contributed by atoms with Crippen LogP contribution < -0.4 is 11.3 Å². The first-order chi connectivity index (χ1) is 11.7. The molecule has 0 aliphatic carbocycles. The average molecular weight is 354 g/mol. The van der Waals surface area contributed by atoms with Crippen LogP contribution in [0.3, 0.4) is 0 Å². The number of carbonyl (C=O) groups is 2. The summed E-state index contributed by atoms with van der Waals surface area (Å²) in [6.07, 6.45) is 7.95. The highest BCUT2D eigenvalue weighted by molar-refractivity contribution is 5.83. The van der Waals surface area contributed by atoms with Crippen molar-refractivity contribution in [1.82, 2.24) is 10.3 Å². The van der Waals surface area contributed by atoms with E-state index in [1.807, 2.05) is 25.7 Å². The molecule has 0 aromatic rings. The lowest BCUT2D eigenvalue weighted by Crippen LogP contribution is -2.45. The fourth-order valence-corrected chi connectivity index (χ4v) is 3.85. The Balaban J connectivity index is 2.38. The molecular weight excluding hydrogens is 314 g/mol. The molecule has 146 valence electrons. The third kappa shape index (κ3) is 6.96. The number of hydrogen-bond donors (Lipinski definition) is 2. The van der Waals surface area contributed by atoms with Gasteiger partial charge in [0.25, 0.3) is 0 Å². The molecule has 1 saturated heterocycles. The zero-order chi connectivity index (χ0) is 19.0. The highest BCUT2D eigenvalue weighted by Gasteiger charge is 2.33. The van der Waals surface area contributed by atoms with Crippen molar-refractivity contribution in [3.63, 3.8) is 0 Å². The number of hydrazine groups is 1. The van der Waals surface area contributed by atoms with Crippen LogP contribution in [0.5, 0.6) is 0 Å². The van der Waals surface area contributed by atoms with Crippen LogP contribution >= 0.6 is 0 Å². The minimum atomic E-state index is -0.627. The van der Waals surface area contributed by atoms with Gasteiger partial charge in [-0.15, -0.1) is 0 Å².